The molecule has 0 radical (unpaired) electrons. The molecular formula is C15H30N2O. The molecule has 0 aromatic rings. The van der Waals surface area contributed by atoms with Gasteiger partial charge < -0.3 is 15.0 Å². The van der Waals surface area contributed by atoms with Gasteiger partial charge >= 0.3 is 0 Å². The second kappa shape index (κ2) is 8.13. The average molecular weight is 254 g/mol. The van der Waals surface area contributed by atoms with Gasteiger partial charge in [0.2, 0.25) is 0 Å². The van der Waals surface area contributed by atoms with Gasteiger partial charge in [-0.25, -0.2) is 0 Å². The van der Waals surface area contributed by atoms with Crippen molar-refractivity contribution in [1.29, 1.82) is 0 Å². The van der Waals surface area contributed by atoms with E-state index in [9.17, 15) is 0 Å². The molecule has 0 aromatic carbocycles. The first-order valence-corrected chi connectivity index (χ1v) is 7.97. The van der Waals surface area contributed by atoms with Gasteiger partial charge in [0, 0.05) is 13.1 Å². The van der Waals surface area contributed by atoms with Crippen molar-refractivity contribution in [1.82, 2.24) is 10.2 Å². The van der Waals surface area contributed by atoms with Crippen LogP contribution in [0.4, 0.5) is 0 Å². The van der Waals surface area contributed by atoms with Gasteiger partial charge in [-0.1, -0.05) is 19.8 Å². The number of nitrogens with zero attached hydrogens (tertiary/aromatic N) is 1. The van der Waals surface area contributed by atoms with Crippen LogP contribution in [0.3, 0.4) is 0 Å². The van der Waals surface area contributed by atoms with Crippen LogP contribution in [0, 0.1) is 0 Å². The van der Waals surface area contributed by atoms with Crippen LogP contribution < -0.4 is 5.32 Å². The molecule has 0 unspecified atom stereocenters. The lowest BCUT2D eigenvalue weighted by Gasteiger charge is -2.35. The van der Waals surface area contributed by atoms with E-state index in [4.69, 9.17) is 4.74 Å². The Kier molecular flexibility index (Phi) is 6.46. The number of rotatable bonds is 6. The lowest BCUT2D eigenvalue weighted by Crippen LogP contribution is -2.41. The number of likely N-dealkylation sites (tertiary alicyclic amines) is 1. The standard InChI is InChI=1S/C15H30N2O/c1-2-3-4-11-17-12-7-15(8-13-17)18-14-5-9-16-10-6-14/h14-16H,2-13H2,1H3. The fourth-order valence-electron chi connectivity index (χ4n) is 3.06. The topological polar surface area (TPSA) is 24.5 Å². The van der Waals surface area contributed by atoms with Gasteiger partial charge in [0.25, 0.3) is 0 Å². The summed E-state index contributed by atoms with van der Waals surface area (Å²) < 4.78 is 6.24. The highest BCUT2D eigenvalue weighted by atomic mass is 16.5. The summed E-state index contributed by atoms with van der Waals surface area (Å²) in [6, 6.07) is 0. The highest BCUT2D eigenvalue weighted by Gasteiger charge is 2.23. The van der Waals surface area contributed by atoms with E-state index in [1.807, 2.05) is 0 Å². The van der Waals surface area contributed by atoms with Crippen molar-refractivity contribution in [2.45, 2.75) is 64.1 Å². The van der Waals surface area contributed by atoms with E-state index < -0.39 is 0 Å². The Hall–Kier alpha value is -0.120. The minimum atomic E-state index is 0.530. The average Bonchev–Trinajstić information content (AvgIpc) is 2.42. The van der Waals surface area contributed by atoms with Crippen LogP contribution in [-0.4, -0.2) is 49.8 Å². The van der Waals surface area contributed by atoms with Crippen LogP contribution in [0.5, 0.6) is 0 Å². The van der Waals surface area contributed by atoms with Gasteiger partial charge in [-0.2, -0.15) is 0 Å². The van der Waals surface area contributed by atoms with Crippen LogP contribution in [0.2, 0.25) is 0 Å². The third-order valence-corrected chi connectivity index (χ3v) is 4.28. The largest absolute Gasteiger partial charge is 0.375 e. The van der Waals surface area contributed by atoms with E-state index in [-0.39, 0.29) is 0 Å². The Morgan fingerprint density at radius 3 is 2.33 bits per heavy atom. The van der Waals surface area contributed by atoms with Crippen molar-refractivity contribution in [3.8, 4) is 0 Å². The minimum absolute atomic E-state index is 0.530. The van der Waals surface area contributed by atoms with Gasteiger partial charge in [-0.15, -0.1) is 0 Å². The van der Waals surface area contributed by atoms with Crippen LogP contribution >= 0.6 is 0 Å². The smallest absolute Gasteiger partial charge is 0.0603 e. The molecule has 0 aromatic heterocycles. The molecule has 0 amide bonds. The molecule has 0 spiro atoms. The van der Waals surface area contributed by atoms with Crippen molar-refractivity contribution in [3.05, 3.63) is 0 Å². The number of ether oxygens (including phenoxy) is 1. The molecule has 18 heavy (non-hydrogen) atoms. The van der Waals surface area contributed by atoms with Crippen molar-refractivity contribution in [3.63, 3.8) is 0 Å². The van der Waals surface area contributed by atoms with Crippen molar-refractivity contribution >= 4 is 0 Å². The maximum Gasteiger partial charge on any atom is 0.0603 e. The molecule has 0 atom stereocenters. The predicted octanol–water partition coefficient (Wildman–Crippen LogP) is 2.41. The summed E-state index contributed by atoms with van der Waals surface area (Å²) in [5.41, 5.74) is 0. The fourth-order valence-corrected chi connectivity index (χ4v) is 3.06. The van der Waals surface area contributed by atoms with Gasteiger partial charge in [0.05, 0.1) is 12.2 Å². The number of unbranched alkanes of at least 4 members (excludes halogenated alkanes) is 2. The summed E-state index contributed by atoms with van der Waals surface area (Å²) in [6.07, 6.45) is 10.1. The van der Waals surface area contributed by atoms with Crippen LogP contribution in [0.15, 0.2) is 0 Å². The molecule has 2 aliphatic heterocycles. The third-order valence-electron chi connectivity index (χ3n) is 4.28. The quantitative estimate of drug-likeness (QED) is 0.737. The second-order valence-electron chi connectivity index (χ2n) is 5.83. The molecule has 3 nitrogen and oxygen atoms in total. The monoisotopic (exact) mass is 254 g/mol. The summed E-state index contributed by atoms with van der Waals surface area (Å²) in [5.74, 6) is 0. The van der Waals surface area contributed by atoms with Crippen molar-refractivity contribution in [2.24, 2.45) is 0 Å². The van der Waals surface area contributed by atoms with Gasteiger partial charge in [0.15, 0.2) is 0 Å². The lowest BCUT2D eigenvalue weighted by molar-refractivity contribution is -0.0531. The Morgan fingerprint density at radius 2 is 1.67 bits per heavy atom. The normalized spacial score (nSPS) is 24.5. The van der Waals surface area contributed by atoms with E-state index in [1.165, 1.54) is 64.6 Å². The molecule has 2 aliphatic rings. The molecule has 2 rings (SSSR count). The van der Waals surface area contributed by atoms with E-state index >= 15 is 0 Å². The predicted molar refractivity (Wildman–Crippen MR) is 76.0 cm³/mol. The first kappa shape index (κ1) is 14.3. The van der Waals surface area contributed by atoms with E-state index in [0.29, 0.717) is 12.2 Å². The zero-order valence-electron chi connectivity index (χ0n) is 12.0. The first-order chi connectivity index (χ1) is 8.88. The summed E-state index contributed by atoms with van der Waals surface area (Å²) in [7, 11) is 0. The maximum atomic E-state index is 6.24. The highest BCUT2D eigenvalue weighted by molar-refractivity contribution is 4.76. The summed E-state index contributed by atoms with van der Waals surface area (Å²) in [5, 5.41) is 3.40. The molecule has 106 valence electrons. The number of piperidine rings is 2. The molecule has 3 heteroatoms. The molecule has 1 N–H and O–H groups in total. The summed E-state index contributed by atoms with van der Waals surface area (Å²) in [4.78, 5) is 2.62. The summed E-state index contributed by atoms with van der Waals surface area (Å²) in [6.45, 7) is 8.35. The Labute approximate surface area is 112 Å². The maximum absolute atomic E-state index is 6.24. The summed E-state index contributed by atoms with van der Waals surface area (Å²) >= 11 is 0. The minimum Gasteiger partial charge on any atom is -0.375 e. The molecule has 0 bridgehead atoms. The molecule has 0 aliphatic carbocycles. The number of hydrogen-bond donors (Lipinski definition) is 1. The Morgan fingerprint density at radius 1 is 1.00 bits per heavy atom. The Balaban J connectivity index is 1.57. The number of hydrogen-bond acceptors (Lipinski definition) is 3. The SMILES string of the molecule is CCCCCN1CCC(OC2CCNCC2)CC1. The molecule has 0 saturated carbocycles. The van der Waals surface area contributed by atoms with E-state index in [0.717, 1.165) is 13.1 Å². The van der Waals surface area contributed by atoms with Gasteiger partial charge in [0.1, 0.15) is 0 Å². The number of nitrogens with one attached hydrogen (secondary N) is 1. The molecule has 2 heterocycles. The van der Waals surface area contributed by atoms with Crippen LogP contribution in [0.25, 0.3) is 0 Å². The zero-order valence-corrected chi connectivity index (χ0v) is 12.0. The van der Waals surface area contributed by atoms with Gasteiger partial charge in [-0.05, 0) is 51.7 Å². The van der Waals surface area contributed by atoms with Crippen LogP contribution in [0.1, 0.15) is 51.9 Å². The van der Waals surface area contributed by atoms with E-state index in [2.05, 4.69) is 17.1 Å². The van der Waals surface area contributed by atoms with Crippen molar-refractivity contribution in [2.75, 3.05) is 32.7 Å². The van der Waals surface area contributed by atoms with Crippen molar-refractivity contribution < 1.29 is 4.74 Å². The van der Waals surface area contributed by atoms with E-state index in [1.54, 1.807) is 0 Å². The van der Waals surface area contributed by atoms with Gasteiger partial charge in [-0.3, -0.25) is 0 Å². The van der Waals surface area contributed by atoms with Crippen LogP contribution in [-0.2, 0) is 4.74 Å². The second-order valence-corrected chi connectivity index (χ2v) is 5.83. The molecule has 2 fully saturated rings. The highest BCUT2D eigenvalue weighted by Crippen LogP contribution is 2.19. The molecule has 2 saturated heterocycles. The third kappa shape index (κ3) is 4.87. The molecular weight excluding hydrogens is 224 g/mol. The fraction of sp³-hybridized carbons (Fsp3) is 1.00. The Bertz CT molecular complexity index is 209. The lowest BCUT2D eigenvalue weighted by atomic mass is 10.0. The first-order valence-electron chi connectivity index (χ1n) is 7.97. The zero-order chi connectivity index (χ0) is 12.6.